The minimum Gasteiger partial charge on any atom is -0.548 e. The quantitative estimate of drug-likeness (QED) is 0.437. The standard InChI is InChI=1S/C7H13NO2.Na/c1-5(7(9)10)8-6-3-2-4-6;/h5-6,8H,2-4H2,1H3,(H,9,10);/q;+1/p-1. The van der Waals surface area contributed by atoms with Crippen LogP contribution in [-0.4, -0.2) is 18.1 Å². The third-order valence-electron chi connectivity index (χ3n) is 1.94. The van der Waals surface area contributed by atoms with Crippen LogP contribution in [0.1, 0.15) is 26.2 Å². The SMILES string of the molecule is CC(NC1CCC1)C(=O)[O-].[Na+]. The van der Waals surface area contributed by atoms with Crippen LogP contribution in [0.5, 0.6) is 0 Å². The molecule has 0 saturated heterocycles. The van der Waals surface area contributed by atoms with Gasteiger partial charge in [-0.1, -0.05) is 6.42 Å². The van der Waals surface area contributed by atoms with Crippen molar-refractivity contribution in [2.75, 3.05) is 0 Å². The molecule has 1 rings (SSSR count). The minimum absolute atomic E-state index is 0. The molecule has 0 bridgehead atoms. The van der Waals surface area contributed by atoms with Gasteiger partial charge in [-0.25, -0.2) is 0 Å². The van der Waals surface area contributed by atoms with E-state index in [1.165, 1.54) is 6.42 Å². The maximum atomic E-state index is 10.2. The molecule has 0 aromatic carbocycles. The fraction of sp³-hybridized carbons (Fsp3) is 0.857. The minimum atomic E-state index is -1.01. The monoisotopic (exact) mass is 165 g/mol. The van der Waals surface area contributed by atoms with Crippen molar-refractivity contribution in [2.45, 2.75) is 38.3 Å². The van der Waals surface area contributed by atoms with Crippen LogP contribution in [0.4, 0.5) is 0 Å². The second kappa shape index (κ2) is 5.14. The molecule has 1 saturated carbocycles. The van der Waals surface area contributed by atoms with E-state index in [-0.39, 0.29) is 29.6 Å². The van der Waals surface area contributed by atoms with E-state index in [4.69, 9.17) is 0 Å². The molecule has 0 aromatic heterocycles. The summed E-state index contributed by atoms with van der Waals surface area (Å²) in [6.45, 7) is 1.62. The fourth-order valence-corrected chi connectivity index (χ4v) is 0.997. The third-order valence-corrected chi connectivity index (χ3v) is 1.94. The Bertz CT molecular complexity index is 136. The Labute approximate surface area is 88.8 Å². The maximum Gasteiger partial charge on any atom is 1.00 e. The summed E-state index contributed by atoms with van der Waals surface area (Å²) in [4.78, 5) is 10.2. The Hall–Kier alpha value is 0.430. The second-order valence-corrected chi connectivity index (χ2v) is 2.84. The van der Waals surface area contributed by atoms with Gasteiger partial charge in [-0.2, -0.15) is 0 Å². The first-order chi connectivity index (χ1) is 4.70. The van der Waals surface area contributed by atoms with Crippen LogP contribution >= 0.6 is 0 Å². The number of carbonyl (C=O) groups excluding carboxylic acids is 1. The second-order valence-electron chi connectivity index (χ2n) is 2.84. The number of carboxylic acids is 1. The third kappa shape index (κ3) is 3.56. The summed E-state index contributed by atoms with van der Waals surface area (Å²) in [6.07, 6.45) is 3.44. The fourth-order valence-electron chi connectivity index (χ4n) is 0.997. The predicted molar refractivity (Wildman–Crippen MR) is 35.2 cm³/mol. The van der Waals surface area contributed by atoms with Gasteiger partial charge in [-0.15, -0.1) is 0 Å². The summed E-state index contributed by atoms with van der Waals surface area (Å²) >= 11 is 0. The summed E-state index contributed by atoms with van der Waals surface area (Å²) in [5, 5.41) is 13.2. The molecule has 4 heteroatoms. The van der Waals surface area contributed by atoms with Crippen molar-refractivity contribution in [1.82, 2.24) is 5.32 Å². The van der Waals surface area contributed by atoms with Crippen LogP contribution in [0, 0.1) is 0 Å². The average molecular weight is 165 g/mol. The van der Waals surface area contributed by atoms with Gasteiger partial charge in [0.15, 0.2) is 0 Å². The Morgan fingerprint density at radius 2 is 2.18 bits per heavy atom. The van der Waals surface area contributed by atoms with E-state index in [1.54, 1.807) is 6.92 Å². The van der Waals surface area contributed by atoms with E-state index in [2.05, 4.69) is 5.32 Å². The molecule has 58 valence electrons. The van der Waals surface area contributed by atoms with Gasteiger partial charge >= 0.3 is 29.6 Å². The van der Waals surface area contributed by atoms with Crippen LogP contribution in [0.2, 0.25) is 0 Å². The van der Waals surface area contributed by atoms with Gasteiger partial charge in [0.1, 0.15) is 0 Å². The van der Waals surface area contributed by atoms with Crippen LogP contribution < -0.4 is 40.0 Å². The normalized spacial score (nSPS) is 19.7. The first-order valence-corrected chi connectivity index (χ1v) is 3.67. The van der Waals surface area contributed by atoms with Crippen LogP contribution in [0.25, 0.3) is 0 Å². The number of carbonyl (C=O) groups is 1. The number of rotatable bonds is 3. The molecule has 1 aliphatic rings. The molecule has 1 aliphatic carbocycles. The Morgan fingerprint density at radius 1 is 1.64 bits per heavy atom. The molecular weight excluding hydrogens is 153 g/mol. The molecule has 1 unspecified atom stereocenters. The van der Waals surface area contributed by atoms with Gasteiger partial charge < -0.3 is 15.2 Å². The first kappa shape index (κ1) is 11.4. The molecule has 0 heterocycles. The smallest absolute Gasteiger partial charge is 0.548 e. The van der Waals surface area contributed by atoms with Gasteiger partial charge in [-0.05, 0) is 19.8 Å². The van der Waals surface area contributed by atoms with Crippen LogP contribution in [0.15, 0.2) is 0 Å². The molecule has 1 fully saturated rings. The van der Waals surface area contributed by atoms with E-state index in [0.717, 1.165) is 12.8 Å². The van der Waals surface area contributed by atoms with E-state index in [0.29, 0.717) is 6.04 Å². The molecule has 0 aliphatic heterocycles. The van der Waals surface area contributed by atoms with Gasteiger partial charge in [-0.3, -0.25) is 0 Å². The summed E-state index contributed by atoms with van der Waals surface area (Å²) in [5.74, 6) is -1.01. The zero-order valence-corrected chi connectivity index (χ0v) is 9.09. The molecule has 1 atom stereocenters. The van der Waals surface area contributed by atoms with Crippen molar-refractivity contribution < 1.29 is 39.5 Å². The molecule has 1 N–H and O–H groups in total. The zero-order valence-electron chi connectivity index (χ0n) is 7.09. The number of carboxylic acid groups (broad SMARTS) is 1. The molecule has 0 amide bonds. The van der Waals surface area contributed by atoms with Gasteiger partial charge in [0.2, 0.25) is 0 Å². The van der Waals surface area contributed by atoms with Gasteiger partial charge in [0.25, 0.3) is 0 Å². The predicted octanol–water partition coefficient (Wildman–Crippen LogP) is -3.73. The number of nitrogens with one attached hydrogen (secondary N) is 1. The molecule has 0 spiro atoms. The average Bonchev–Trinajstić information content (AvgIpc) is 1.77. The summed E-state index contributed by atoms with van der Waals surface area (Å²) < 4.78 is 0. The zero-order chi connectivity index (χ0) is 7.56. The van der Waals surface area contributed by atoms with Crippen molar-refractivity contribution in [2.24, 2.45) is 0 Å². The van der Waals surface area contributed by atoms with Crippen molar-refractivity contribution in [3.8, 4) is 0 Å². The van der Waals surface area contributed by atoms with Crippen molar-refractivity contribution in [3.63, 3.8) is 0 Å². The van der Waals surface area contributed by atoms with Crippen molar-refractivity contribution in [1.29, 1.82) is 0 Å². The largest absolute Gasteiger partial charge is 1.00 e. The maximum absolute atomic E-state index is 10.2. The molecule has 11 heavy (non-hydrogen) atoms. The van der Waals surface area contributed by atoms with Gasteiger partial charge in [0.05, 0.1) is 5.97 Å². The summed E-state index contributed by atoms with van der Waals surface area (Å²) in [7, 11) is 0. The number of hydrogen-bond acceptors (Lipinski definition) is 3. The van der Waals surface area contributed by atoms with Crippen molar-refractivity contribution in [3.05, 3.63) is 0 Å². The molecule has 3 nitrogen and oxygen atoms in total. The van der Waals surface area contributed by atoms with E-state index < -0.39 is 12.0 Å². The Kier molecular flexibility index (Phi) is 5.34. The number of aliphatic carboxylic acids is 1. The van der Waals surface area contributed by atoms with E-state index >= 15 is 0 Å². The summed E-state index contributed by atoms with van der Waals surface area (Å²) in [6, 6.07) is -0.0711. The van der Waals surface area contributed by atoms with E-state index in [9.17, 15) is 9.90 Å². The Balaban J connectivity index is 0.000001000. The van der Waals surface area contributed by atoms with Crippen molar-refractivity contribution >= 4 is 5.97 Å². The Morgan fingerprint density at radius 3 is 2.45 bits per heavy atom. The molecule has 0 aromatic rings. The molecule has 0 radical (unpaired) electrons. The van der Waals surface area contributed by atoms with Gasteiger partial charge in [0, 0.05) is 12.1 Å². The molecular formula is C7H12NNaO2. The number of hydrogen-bond donors (Lipinski definition) is 1. The van der Waals surface area contributed by atoms with Crippen LogP contribution in [-0.2, 0) is 4.79 Å². The topological polar surface area (TPSA) is 52.2 Å². The first-order valence-electron chi connectivity index (χ1n) is 3.67. The van der Waals surface area contributed by atoms with Crippen LogP contribution in [0.3, 0.4) is 0 Å². The summed E-state index contributed by atoms with van der Waals surface area (Å²) in [5.41, 5.74) is 0. The van der Waals surface area contributed by atoms with E-state index in [1.807, 2.05) is 0 Å².